The summed E-state index contributed by atoms with van der Waals surface area (Å²) in [5, 5.41) is 0. The Bertz CT molecular complexity index is 986. The minimum absolute atomic E-state index is 1.28. The second-order valence-corrected chi connectivity index (χ2v) is 24.6. The van der Waals surface area contributed by atoms with Crippen molar-refractivity contribution < 1.29 is 0 Å². The highest BCUT2D eigenvalue weighted by Crippen LogP contribution is 2.16. The molecule has 0 nitrogen and oxygen atoms in total. The summed E-state index contributed by atoms with van der Waals surface area (Å²) in [5.41, 5.74) is 0. The molecule has 0 heteroatoms. The fourth-order valence-electron chi connectivity index (χ4n) is 11.1. The summed E-state index contributed by atoms with van der Waals surface area (Å²) < 4.78 is 0. The molecule has 1 aliphatic rings. The molecule has 0 N–H and O–H groups in total. The Morgan fingerprint density at radius 2 is 0.113 bits per heavy atom. The van der Waals surface area contributed by atoms with E-state index < -0.39 is 0 Å². The van der Waals surface area contributed by atoms with Crippen LogP contribution in [0.15, 0.2) is 122 Å². The maximum Gasteiger partial charge on any atom is -0.0351 e. The summed E-state index contributed by atoms with van der Waals surface area (Å²) in [7, 11) is 0. The summed E-state index contributed by atoms with van der Waals surface area (Å²) in [6.07, 6.45) is 130. The molecule has 1 rings (SSSR count). The maximum absolute atomic E-state index is 2.46. The summed E-state index contributed by atoms with van der Waals surface area (Å²) in [4.78, 5) is 0. The molecule has 0 aromatic rings. The summed E-state index contributed by atoms with van der Waals surface area (Å²) in [6, 6.07) is 0. The molecular weight excluding hydrogens is 961 g/mol. The Morgan fingerprint density at radius 3 is 0.163 bits per heavy atom. The van der Waals surface area contributed by atoms with Crippen molar-refractivity contribution in [2.45, 2.75) is 385 Å². The lowest BCUT2D eigenvalue weighted by molar-refractivity contribution is 0.638. The summed E-state index contributed by atoms with van der Waals surface area (Å²) >= 11 is 0. The molecule has 1 aliphatic carbocycles. The number of rotatable bonds is 0. The molecular formula is C80H140. The van der Waals surface area contributed by atoms with Crippen molar-refractivity contribution in [1.29, 1.82) is 0 Å². The van der Waals surface area contributed by atoms with Crippen molar-refractivity contribution in [3.05, 3.63) is 122 Å². The topological polar surface area (TPSA) is 0 Å². The fourth-order valence-corrected chi connectivity index (χ4v) is 11.1. The standard InChI is InChI=1S/C80H140/c1-2-4-6-8-10-12-14-16-18-20-22-24-26-28-30-32-34-36-38-40-42-44-46-48-50-52-54-56-58-60-62-64-66-68-70-72-74-76-78-80-79-77-75-73-71-69-67-65-63-61-59-57-55-53-51-49-47-45-43-41-39-37-35-33-31-29-27-25-23-21-19-17-15-13-11-9-7-5-3-1/h1-2,15-18,31-34,47-50,63-66,79-80H,3-14,19-30,35-46,51-62,67-78H2/b2-1-,17-15-,18-16+,33-31+,34-32-,49-47-,50-48+,65-63+,66-64-,80-79-. The van der Waals surface area contributed by atoms with E-state index in [1.54, 1.807) is 0 Å². The average molecular weight is 1100 g/mol. The molecule has 0 saturated heterocycles. The van der Waals surface area contributed by atoms with Gasteiger partial charge in [0.25, 0.3) is 0 Å². The van der Waals surface area contributed by atoms with Gasteiger partial charge < -0.3 is 0 Å². The molecule has 0 fully saturated rings. The second kappa shape index (κ2) is 72.5. The third-order valence-electron chi connectivity index (χ3n) is 16.6. The fraction of sp³-hybridized carbons (Fsp3) is 0.750. The highest BCUT2D eigenvalue weighted by atomic mass is 14.0. The van der Waals surface area contributed by atoms with Crippen LogP contribution in [0.1, 0.15) is 385 Å². The predicted molar refractivity (Wildman–Crippen MR) is 368 cm³/mol. The first-order chi connectivity index (χ1) is 40.0. The van der Waals surface area contributed by atoms with Crippen LogP contribution < -0.4 is 0 Å². The smallest absolute Gasteiger partial charge is 0.0351 e. The average Bonchev–Trinajstić information content (AvgIpc) is 3.47. The number of hydrogen-bond acceptors (Lipinski definition) is 0. The van der Waals surface area contributed by atoms with Gasteiger partial charge in [0.2, 0.25) is 0 Å². The molecule has 0 aliphatic heterocycles. The van der Waals surface area contributed by atoms with Gasteiger partial charge in [-0.25, -0.2) is 0 Å². The van der Waals surface area contributed by atoms with Crippen molar-refractivity contribution in [2.75, 3.05) is 0 Å². The monoisotopic (exact) mass is 1100 g/mol. The number of allylic oxidation sites excluding steroid dienone is 20. The Morgan fingerprint density at radius 1 is 0.0625 bits per heavy atom. The summed E-state index contributed by atoms with van der Waals surface area (Å²) in [6.45, 7) is 0. The molecule has 0 aromatic carbocycles. The van der Waals surface area contributed by atoms with Crippen LogP contribution in [-0.4, -0.2) is 0 Å². The van der Waals surface area contributed by atoms with Crippen LogP contribution in [0.2, 0.25) is 0 Å². The van der Waals surface area contributed by atoms with Gasteiger partial charge >= 0.3 is 0 Å². The lowest BCUT2D eigenvalue weighted by Gasteiger charge is -2.00. The lowest BCUT2D eigenvalue weighted by Crippen LogP contribution is -1.80. The van der Waals surface area contributed by atoms with Crippen LogP contribution in [0.5, 0.6) is 0 Å². The van der Waals surface area contributed by atoms with E-state index in [2.05, 4.69) is 122 Å². The molecule has 0 heterocycles. The first kappa shape index (κ1) is 75.4. The van der Waals surface area contributed by atoms with Gasteiger partial charge in [-0.2, -0.15) is 0 Å². The van der Waals surface area contributed by atoms with Gasteiger partial charge in [0.1, 0.15) is 0 Å². The van der Waals surface area contributed by atoms with Crippen LogP contribution in [0, 0.1) is 0 Å². The third-order valence-corrected chi connectivity index (χ3v) is 16.6. The SMILES string of the molecule is C1=C\CCCCCC/C=C/CCCCCC/C=C\CCCCCC/C=C/CCCCCC/C=C\CCCCCC/C=C\CCCCCC/C=C/CCCCCC/C=C\CCCCCC/C=C/CCCCCC/C=C\CCCCCC/1. The summed E-state index contributed by atoms with van der Waals surface area (Å²) in [5.74, 6) is 0. The van der Waals surface area contributed by atoms with Gasteiger partial charge in [-0.3, -0.25) is 0 Å². The zero-order chi connectivity index (χ0) is 56.6. The highest BCUT2D eigenvalue weighted by molar-refractivity contribution is 4.88. The van der Waals surface area contributed by atoms with Crippen molar-refractivity contribution in [2.24, 2.45) is 0 Å². The molecule has 80 heavy (non-hydrogen) atoms. The molecule has 460 valence electrons. The minimum Gasteiger partial charge on any atom is -0.0885 e. The Kier molecular flexibility index (Phi) is 68.3. The van der Waals surface area contributed by atoms with Gasteiger partial charge in [-0.15, -0.1) is 0 Å². The molecule has 0 saturated carbocycles. The van der Waals surface area contributed by atoms with E-state index in [9.17, 15) is 0 Å². The third kappa shape index (κ3) is 69.7. The van der Waals surface area contributed by atoms with E-state index in [1.807, 2.05) is 0 Å². The quantitative estimate of drug-likeness (QED) is 0.212. The zero-order valence-corrected chi connectivity index (χ0v) is 54.0. The molecule has 0 spiro atoms. The first-order valence-electron chi connectivity index (χ1n) is 36.5. The van der Waals surface area contributed by atoms with Gasteiger partial charge in [0.05, 0.1) is 0 Å². The van der Waals surface area contributed by atoms with Crippen LogP contribution in [0.4, 0.5) is 0 Å². The van der Waals surface area contributed by atoms with Crippen molar-refractivity contribution >= 4 is 0 Å². The second-order valence-electron chi connectivity index (χ2n) is 24.6. The molecule has 0 unspecified atom stereocenters. The Labute approximate surface area is 504 Å². The minimum atomic E-state index is 1.28. The Balaban J connectivity index is 2.13. The maximum atomic E-state index is 2.46. The number of hydrogen-bond donors (Lipinski definition) is 0. The first-order valence-corrected chi connectivity index (χ1v) is 36.5. The van der Waals surface area contributed by atoms with Crippen molar-refractivity contribution in [3.63, 3.8) is 0 Å². The normalized spacial score (nSPS) is 26.0. The van der Waals surface area contributed by atoms with E-state index in [1.165, 1.54) is 385 Å². The molecule has 0 atom stereocenters. The molecule has 0 aromatic heterocycles. The van der Waals surface area contributed by atoms with Gasteiger partial charge in [-0.05, 0) is 257 Å². The largest absolute Gasteiger partial charge is 0.0885 e. The molecule has 0 bridgehead atoms. The van der Waals surface area contributed by atoms with Crippen LogP contribution in [0.25, 0.3) is 0 Å². The van der Waals surface area contributed by atoms with Crippen LogP contribution in [-0.2, 0) is 0 Å². The molecule has 0 radical (unpaired) electrons. The van der Waals surface area contributed by atoms with Crippen LogP contribution >= 0.6 is 0 Å². The van der Waals surface area contributed by atoms with E-state index >= 15 is 0 Å². The van der Waals surface area contributed by atoms with E-state index in [4.69, 9.17) is 0 Å². The van der Waals surface area contributed by atoms with E-state index in [0.717, 1.165) is 0 Å². The lowest BCUT2D eigenvalue weighted by atomic mass is 10.1. The van der Waals surface area contributed by atoms with E-state index in [-0.39, 0.29) is 0 Å². The Hall–Kier alpha value is -2.60. The predicted octanol–water partition coefficient (Wildman–Crippen LogP) is 29.0. The van der Waals surface area contributed by atoms with E-state index in [0.29, 0.717) is 0 Å². The van der Waals surface area contributed by atoms with Gasteiger partial charge in [0.15, 0.2) is 0 Å². The van der Waals surface area contributed by atoms with Gasteiger partial charge in [0, 0.05) is 0 Å². The van der Waals surface area contributed by atoms with Gasteiger partial charge in [-0.1, -0.05) is 250 Å². The highest BCUT2D eigenvalue weighted by Gasteiger charge is 1.96. The van der Waals surface area contributed by atoms with Crippen molar-refractivity contribution in [3.8, 4) is 0 Å². The molecule has 0 amide bonds. The zero-order valence-electron chi connectivity index (χ0n) is 54.0. The van der Waals surface area contributed by atoms with Crippen molar-refractivity contribution in [1.82, 2.24) is 0 Å². The van der Waals surface area contributed by atoms with Crippen LogP contribution in [0.3, 0.4) is 0 Å².